The molecule has 5 heteroatoms. The number of nitrogens with one attached hydrogen (secondary N) is 2. The van der Waals surface area contributed by atoms with Gasteiger partial charge in [0.1, 0.15) is 0 Å². The van der Waals surface area contributed by atoms with Gasteiger partial charge >= 0.3 is 0 Å². The van der Waals surface area contributed by atoms with E-state index in [1.807, 2.05) is 0 Å². The maximum absolute atomic E-state index is 12.3. The molecular weight excluding hydrogens is 298 g/mol. The van der Waals surface area contributed by atoms with Gasteiger partial charge in [0.05, 0.1) is 6.54 Å². The van der Waals surface area contributed by atoms with E-state index in [2.05, 4.69) is 50.4 Å². The van der Waals surface area contributed by atoms with Crippen LogP contribution in [0.15, 0.2) is 0 Å². The minimum Gasteiger partial charge on any atom is -0.349 e. The van der Waals surface area contributed by atoms with Gasteiger partial charge in [-0.2, -0.15) is 0 Å². The number of carbonyl (C=O) groups excluding carboxylic acids is 1. The van der Waals surface area contributed by atoms with Gasteiger partial charge in [0, 0.05) is 5.54 Å². The molecule has 2 bridgehead atoms. The van der Waals surface area contributed by atoms with E-state index in [0.717, 1.165) is 25.4 Å². The predicted octanol–water partition coefficient (Wildman–Crippen LogP) is 2.28. The molecule has 2 saturated carbocycles. The minimum atomic E-state index is -0.0294. The molecule has 0 saturated heterocycles. The standard InChI is InChI=1S/C17H33N3O.ClH/c1-16(2)13-7-8-14(11-13)17(16,3)19-15(21)12-18-9-6-10-20(4)5;/h13-14,18H,6-12H2,1-5H3,(H,19,21);1H. The molecule has 2 aliphatic carbocycles. The van der Waals surface area contributed by atoms with E-state index in [4.69, 9.17) is 0 Å². The lowest BCUT2D eigenvalue weighted by atomic mass is 9.64. The Morgan fingerprint density at radius 3 is 2.36 bits per heavy atom. The van der Waals surface area contributed by atoms with Crippen LogP contribution in [0, 0.1) is 17.3 Å². The first kappa shape index (κ1) is 19.7. The third-order valence-corrected chi connectivity index (χ3v) is 6.25. The van der Waals surface area contributed by atoms with Crippen LogP contribution in [0.1, 0.15) is 46.5 Å². The minimum absolute atomic E-state index is 0. The molecule has 3 unspecified atom stereocenters. The number of hydrogen-bond acceptors (Lipinski definition) is 3. The quantitative estimate of drug-likeness (QED) is 0.703. The average molecular weight is 332 g/mol. The topological polar surface area (TPSA) is 44.4 Å². The molecular formula is C17H34ClN3O. The molecule has 0 heterocycles. The summed E-state index contributed by atoms with van der Waals surface area (Å²) in [6.45, 7) is 9.33. The summed E-state index contributed by atoms with van der Waals surface area (Å²) in [7, 11) is 4.15. The molecule has 3 atom stereocenters. The number of hydrogen-bond donors (Lipinski definition) is 2. The maximum Gasteiger partial charge on any atom is 0.234 e. The van der Waals surface area contributed by atoms with Crippen LogP contribution in [0.2, 0.25) is 0 Å². The van der Waals surface area contributed by atoms with Crippen LogP contribution < -0.4 is 10.6 Å². The summed E-state index contributed by atoms with van der Waals surface area (Å²) in [4.78, 5) is 14.4. The molecule has 2 aliphatic rings. The lowest BCUT2D eigenvalue weighted by Crippen LogP contribution is -2.60. The maximum atomic E-state index is 12.3. The molecule has 22 heavy (non-hydrogen) atoms. The van der Waals surface area contributed by atoms with Gasteiger partial charge < -0.3 is 15.5 Å². The van der Waals surface area contributed by atoms with Crippen LogP contribution in [-0.2, 0) is 4.79 Å². The molecule has 1 amide bonds. The largest absolute Gasteiger partial charge is 0.349 e. The van der Waals surface area contributed by atoms with Gasteiger partial charge in [-0.25, -0.2) is 0 Å². The van der Waals surface area contributed by atoms with Crippen molar-refractivity contribution in [3.05, 3.63) is 0 Å². The Morgan fingerprint density at radius 1 is 1.18 bits per heavy atom. The summed E-state index contributed by atoms with van der Waals surface area (Å²) in [5.74, 6) is 1.60. The van der Waals surface area contributed by atoms with Crippen molar-refractivity contribution in [1.82, 2.24) is 15.5 Å². The number of rotatable bonds is 7. The van der Waals surface area contributed by atoms with Crippen molar-refractivity contribution in [1.29, 1.82) is 0 Å². The van der Waals surface area contributed by atoms with E-state index in [1.165, 1.54) is 19.3 Å². The van der Waals surface area contributed by atoms with Crippen LogP contribution in [0.3, 0.4) is 0 Å². The van der Waals surface area contributed by atoms with E-state index < -0.39 is 0 Å². The first-order valence-electron chi connectivity index (χ1n) is 8.44. The summed E-state index contributed by atoms with van der Waals surface area (Å²) in [6.07, 6.45) is 4.99. The van der Waals surface area contributed by atoms with Gasteiger partial charge in [-0.1, -0.05) is 13.8 Å². The Bertz CT molecular complexity index is 386. The molecule has 0 aromatic carbocycles. The zero-order valence-electron chi connectivity index (χ0n) is 14.9. The molecule has 130 valence electrons. The van der Waals surface area contributed by atoms with E-state index in [9.17, 15) is 4.79 Å². The smallest absolute Gasteiger partial charge is 0.234 e. The van der Waals surface area contributed by atoms with Crippen molar-refractivity contribution in [2.75, 3.05) is 33.7 Å². The number of halogens is 1. The second-order valence-corrected chi connectivity index (χ2v) is 8.01. The lowest BCUT2D eigenvalue weighted by Gasteiger charge is -2.48. The van der Waals surface area contributed by atoms with Gasteiger partial charge in [-0.05, 0) is 77.0 Å². The Kier molecular flexibility index (Phi) is 6.72. The number of nitrogens with zero attached hydrogens (tertiary/aromatic N) is 1. The van der Waals surface area contributed by atoms with Crippen molar-refractivity contribution in [2.45, 2.75) is 52.0 Å². The van der Waals surface area contributed by atoms with Gasteiger partial charge in [0.25, 0.3) is 0 Å². The highest BCUT2D eigenvalue weighted by atomic mass is 35.5. The van der Waals surface area contributed by atoms with Crippen molar-refractivity contribution < 1.29 is 4.79 Å². The second-order valence-electron chi connectivity index (χ2n) is 8.01. The van der Waals surface area contributed by atoms with Crippen molar-refractivity contribution in [3.8, 4) is 0 Å². The Labute approximate surface area is 142 Å². The highest BCUT2D eigenvalue weighted by molar-refractivity contribution is 5.85. The van der Waals surface area contributed by atoms with Gasteiger partial charge in [0.15, 0.2) is 0 Å². The molecule has 0 aliphatic heterocycles. The van der Waals surface area contributed by atoms with Crippen LogP contribution in [0.4, 0.5) is 0 Å². The third kappa shape index (κ3) is 3.77. The molecule has 2 fully saturated rings. The SMILES string of the molecule is CN(C)CCCNCC(=O)NC1(C)C2CCC(C2)C1(C)C.Cl. The van der Waals surface area contributed by atoms with Gasteiger partial charge in [-0.15, -0.1) is 12.4 Å². The summed E-state index contributed by atoms with van der Waals surface area (Å²) >= 11 is 0. The fraction of sp³-hybridized carbons (Fsp3) is 0.941. The third-order valence-electron chi connectivity index (χ3n) is 6.25. The summed E-state index contributed by atoms with van der Waals surface area (Å²) in [5.41, 5.74) is 0.189. The van der Waals surface area contributed by atoms with E-state index >= 15 is 0 Å². The average Bonchev–Trinajstić information content (AvgIpc) is 2.92. The van der Waals surface area contributed by atoms with E-state index in [1.54, 1.807) is 0 Å². The van der Waals surface area contributed by atoms with E-state index in [-0.39, 0.29) is 29.3 Å². The summed E-state index contributed by atoms with van der Waals surface area (Å²) < 4.78 is 0. The number of fused-ring (bicyclic) bond motifs is 2. The first-order valence-corrected chi connectivity index (χ1v) is 8.44. The van der Waals surface area contributed by atoms with Gasteiger partial charge in [0.2, 0.25) is 5.91 Å². The van der Waals surface area contributed by atoms with Crippen molar-refractivity contribution >= 4 is 18.3 Å². The molecule has 0 aromatic heterocycles. The molecule has 0 aromatic rings. The fourth-order valence-electron chi connectivity index (χ4n) is 4.43. The Hall–Kier alpha value is -0.320. The molecule has 2 N–H and O–H groups in total. The van der Waals surface area contributed by atoms with Crippen LogP contribution in [-0.4, -0.2) is 50.1 Å². The zero-order valence-corrected chi connectivity index (χ0v) is 15.7. The number of carbonyl (C=O) groups is 1. The highest BCUT2D eigenvalue weighted by Gasteiger charge is 2.60. The van der Waals surface area contributed by atoms with E-state index in [0.29, 0.717) is 12.5 Å². The Balaban J connectivity index is 0.00000242. The number of amides is 1. The Morgan fingerprint density at radius 2 is 1.82 bits per heavy atom. The van der Waals surface area contributed by atoms with Crippen molar-refractivity contribution in [3.63, 3.8) is 0 Å². The zero-order chi connectivity index (χ0) is 15.7. The lowest BCUT2D eigenvalue weighted by molar-refractivity contribution is -0.124. The molecule has 0 radical (unpaired) electrons. The predicted molar refractivity (Wildman–Crippen MR) is 94.4 cm³/mol. The molecule has 4 nitrogen and oxygen atoms in total. The molecule has 0 spiro atoms. The van der Waals surface area contributed by atoms with Crippen LogP contribution in [0.25, 0.3) is 0 Å². The normalized spacial score (nSPS) is 32.1. The highest BCUT2D eigenvalue weighted by Crippen LogP contribution is 2.61. The summed E-state index contributed by atoms with van der Waals surface area (Å²) in [5, 5.41) is 6.63. The molecule has 2 rings (SSSR count). The van der Waals surface area contributed by atoms with Crippen LogP contribution >= 0.6 is 12.4 Å². The van der Waals surface area contributed by atoms with Crippen LogP contribution in [0.5, 0.6) is 0 Å². The van der Waals surface area contributed by atoms with Gasteiger partial charge in [-0.3, -0.25) is 4.79 Å². The first-order chi connectivity index (χ1) is 9.77. The second kappa shape index (κ2) is 7.50. The monoisotopic (exact) mass is 331 g/mol. The van der Waals surface area contributed by atoms with Crippen molar-refractivity contribution in [2.24, 2.45) is 17.3 Å². The summed E-state index contributed by atoms with van der Waals surface area (Å²) in [6, 6.07) is 0. The fourth-order valence-corrected chi connectivity index (χ4v) is 4.43.